The summed E-state index contributed by atoms with van der Waals surface area (Å²) in [6.45, 7) is 9.29. The Morgan fingerprint density at radius 2 is 1.92 bits per heavy atom. The number of nitrogens with one attached hydrogen (secondary N) is 2. The third kappa shape index (κ3) is 6.11. The van der Waals surface area contributed by atoms with Crippen LogP contribution in [0.5, 0.6) is 0 Å². The molecule has 3 aliphatic heterocycles. The number of guanidine groups is 1. The molecule has 1 aromatic rings. The number of fused-ring (bicyclic) bond motifs is 3. The molecule has 4 rings (SSSR count). The molecule has 5 nitrogen and oxygen atoms in total. The Hall–Kier alpha value is -0.860. The van der Waals surface area contributed by atoms with Gasteiger partial charge in [-0.1, -0.05) is 30.3 Å². The monoisotopic (exact) mass is 457 g/mol. The summed E-state index contributed by atoms with van der Waals surface area (Å²) >= 11 is 0. The van der Waals surface area contributed by atoms with Crippen molar-refractivity contribution in [1.82, 2.24) is 20.4 Å². The molecular weight excluding hydrogens is 425 g/mol. The Morgan fingerprint density at radius 1 is 1.20 bits per heavy atom. The third-order valence-corrected chi connectivity index (χ3v) is 5.21. The molecule has 2 N–H and O–H groups in total. The summed E-state index contributed by atoms with van der Waals surface area (Å²) in [6, 6.07) is 11.7. The Balaban J connectivity index is 0.00000225. The van der Waals surface area contributed by atoms with Crippen LogP contribution < -0.4 is 10.6 Å². The lowest BCUT2D eigenvalue weighted by molar-refractivity contribution is 0.0154. The highest BCUT2D eigenvalue weighted by molar-refractivity contribution is 14.0. The van der Waals surface area contributed by atoms with Crippen LogP contribution in [0.3, 0.4) is 0 Å². The van der Waals surface area contributed by atoms with Gasteiger partial charge in [0.2, 0.25) is 0 Å². The first kappa shape index (κ1) is 20.5. The van der Waals surface area contributed by atoms with Crippen LogP contribution in [0.25, 0.3) is 0 Å². The molecule has 3 heterocycles. The maximum absolute atomic E-state index is 4.39. The lowest BCUT2D eigenvalue weighted by atomic mass is 10.1. The summed E-state index contributed by atoms with van der Waals surface area (Å²) in [4.78, 5) is 9.58. The van der Waals surface area contributed by atoms with Crippen LogP contribution in [0.1, 0.15) is 18.9 Å². The van der Waals surface area contributed by atoms with Crippen LogP contribution in [-0.4, -0.2) is 74.2 Å². The predicted octanol–water partition coefficient (Wildman–Crippen LogP) is 1.79. The number of benzene rings is 1. The van der Waals surface area contributed by atoms with Crippen molar-refractivity contribution < 1.29 is 0 Å². The van der Waals surface area contributed by atoms with E-state index in [1.807, 2.05) is 7.05 Å². The third-order valence-electron chi connectivity index (χ3n) is 5.21. The molecule has 0 aromatic heterocycles. The molecule has 0 aliphatic carbocycles. The van der Waals surface area contributed by atoms with E-state index in [2.05, 4.69) is 62.7 Å². The van der Waals surface area contributed by atoms with E-state index in [9.17, 15) is 0 Å². The van der Waals surface area contributed by atoms with E-state index < -0.39 is 0 Å². The van der Waals surface area contributed by atoms with E-state index in [1.54, 1.807) is 0 Å². The van der Waals surface area contributed by atoms with Gasteiger partial charge in [0.15, 0.2) is 5.96 Å². The topological polar surface area (TPSA) is 42.9 Å². The SMILES string of the molecule is CN=C(NCC1CN2CCN1CC2)NC(C)CCc1ccccc1.I. The molecule has 140 valence electrons. The Bertz CT molecular complexity index is 528. The first-order valence-corrected chi connectivity index (χ1v) is 9.22. The van der Waals surface area contributed by atoms with E-state index in [4.69, 9.17) is 0 Å². The second-order valence-electron chi connectivity index (χ2n) is 7.01. The zero-order valence-corrected chi connectivity index (χ0v) is 17.8. The standard InChI is InChI=1S/C19H31N5.HI/c1-16(8-9-17-6-4-3-5-7-17)22-19(20-2)21-14-18-15-23-10-12-24(18)13-11-23;/h3-7,16,18H,8-15H2,1-2H3,(H2,20,21,22);1H. The highest BCUT2D eigenvalue weighted by Gasteiger charge is 2.31. The van der Waals surface area contributed by atoms with Crippen molar-refractivity contribution in [3.8, 4) is 0 Å². The zero-order valence-electron chi connectivity index (χ0n) is 15.4. The fraction of sp³-hybridized carbons (Fsp3) is 0.632. The smallest absolute Gasteiger partial charge is 0.191 e. The van der Waals surface area contributed by atoms with Gasteiger partial charge in [0, 0.05) is 58.4 Å². The van der Waals surface area contributed by atoms with E-state index in [1.165, 1.54) is 38.3 Å². The van der Waals surface area contributed by atoms with E-state index in [-0.39, 0.29) is 24.0 Å². The van der Waals surface area contributed by atoms with Gasteiger partial charge in [-0.05, 0) is 25.3 Å². The fourth-order valence-electron chi connectivity index (χ4n) is 3.66. The van der Waals surface area contributed by atoms with Crippen LogP contribution in [0.2, 0.25) is 0 Å². The minimum absolute atomic E-state index is 0. The van der Waals surface area contributed by atoms with Gasteiger partial charge in [-0.25, -0.2) is 0 Å². The molecule has 2 atom stereocenters. The quantitative estimate of drug-likeness (QED) is 0.389. The van der Waals surface area contributed by atoms with Crippen molar-refractivity contribution in [2.75, 3.05) is 46.3 Å². The van der Waals surface area contributed by atoms with Gasteiger partial charge in [-0.3, -0.25) is 14.8 Å². The summed E-state index contributed by atoms with van der Waals surface area (Å²) in [5.74, 6) is 0.924. The van der Waals surface area contributed by atoms with Crippen LogP contribution in [0.4, 0.5) is 0 Å². The van der Waals surface area contributed by atoms with Crippen molar-refractivity contribution in [3.05, 3.63) is 35.9 Å². The number of hydrogen-bond donors (Lipinski definition) is 2. The largest absolute Gasteiger partial charge is 0.355 e. The lowest BCUT2D eigenvalue weighted by Gasteiger charge is -2.47. The van der Waals surface area contributed by atoms with Gasteiger partial charge in [0.1, 0.15) is 0 Å². The highest BCUT2D eigenvalue weighted by Crippen LogP contribution is 2.14. The predicted molar refractivity (Wildman–Crippen MR) is 116 cm³/mol. The summed E-state index contributed by atoms with van der Waals surface area (Å²) in [5.41, 5.74) is 1.40. The number of piperazine rings is 3. The van der Waals surface area contributed by atoms with Crippen molar-refractivity contribution in [2.45, 2.75) is 31.8 Å². The molecule has 0 amide bonds. The summed E-state index contributed by atoms with van der Waals surface area (Å²) in [5, 5.41) is 7.05. The molecule has 25 heavy (non-hydrogen) atoms. The normalized spacial score (nSPS) is 26.6. The Labute approximate surface area is 169 Å². The fourth-order valence-corrected chi connectivity index (χ4v) is 3.66. The summed E-state index contributed by atoms with van der Waals surface area (Å²) in [6.07, 6.45) is 2.20. The van der Waals surface area contributed by atoms with Crippen LogP contribution in [0, 0.1) is 0 Å². The van der Waals surface area contributed by atoms with E-state index >= 15 is 0 Å². The first-order valence-electron chi connectivity index (χ1n) is 9.22. The molecule has 3 aliphatic rings. The Kier molecular flexibility index (Phi) is 8.45. The highest BCUT2D eigenvalue weighted by atomic mass is 127. The van der Waals surface area contributed by atoms with Crippen LogP contribution >= 0.6 is 24.0 Å². The lowest BCUT2D eigenvalue weighted by Crippen LogP contribution is -2.64. The summed E-state index contributed by atoms with van der Waals surface area (Å²) in [7, 11) is 1.86. The molecule has 0 spiro atoms. The maximum Gasteiger partial charge on any atom is 0.191 e. The number of hydrogen-bond acceptors (Lipinski definition) is 3. The second-order valence-corrected chi connectivity index (χ2v) is 7.01. The molecule has 3 fully saturated rings. The zero-order chi connectivity index (χ0) is 16.8. The average molecular weight is 457 g/mol. The second kappa shape index (κ2) is 10.3. The number of aliphatic imine (C=N–C) groups is 1. The molecule has 3 saturated heterocycles. The number of aryl methyl sites for hydroxylation is 1. The van der Waals surface area contributed by atoms with Crippen LogP contribution in [-0.2, 0) is 6.42 Å². The molecule has 1 aromatic carbocycles. The number of rotatable bonds is 6. The first-order chi connectivity index (χ1) is 11.7. The van der Waals surface area contributed by atoms with Gasteiger partial charge in [0.05, 0.1) is 0 Å². The van der Waals surface area contributed by atoms with Crippen molar-refractivity contribution >= 4 is 29.9 Å². The van der Waals surface area contributed by atoms with Gasteiger partial charge in [-0.15, -0.1) is 24.0 Å². The van der Waals surface area contributed by atoms with Gasteiger partial charge in [-0.2, -0.15) is 0 Å². The Morgan fingerprint density at radius 3 is 2.52 bits per heavy atom. The van der Waals surface area contributed by atoms with E-state index in [0.717, 1.165) is 25.3 Å². The minimum atomic E-state index is 0. The molecular formula is C19H32IN5. The van der Waals surface area contributed by atoms with Gasteiger partial charge < -0.3 is 10.6 Å². The molecule has 0 radical (unpaired) electrons. The van der Waals surface area contributed by atoms with E-state index in [0.29, 0.717) is 12.1 Å². The van der Waals surface area contributed by atoms with Crippen molar-refractivity contribution in [3.63, 3.8) is 0 Å². The minimum Gasteiger partial charge on any atom is -0.355 e. The van der Waals surface area contributed by atoms with Crippen molar-refractivity contribution in [2.24, 2.45) is 4.99 Å². The number of nitrogens with zero attached hydrogens (tertiary/aromatic N) is 3. The van der Waals surface area contributed by atoms with Crippen molar-refractivity contribution in [1.29, 1.82) is 0 Å². The summed E-state index contributed by atoms with van der Waals surface area (Å²) < 4.78 is 0. The van der Waals surface area contributed by atoms with Crippen LogP contribution in [0.15, 0.2) is 35.3 Å². The van der Waals surface area contributed by atoms with Gasteiger partial charge >= 0.3 is 0 Å². The number of halogens is 1. The maximum atomic E-state index is 4.39. The molecule has 2 unspecified atom stereocenters. The van der Waals surface area contributed by atoms with Gasteiger partial charge in [0.25, 0.3) is 0 Å². The molecule has 2 bridgehead atoms. The molecule has 0 saturated carbocycles. The average Bonchev–Trinajstić information content (AvgIpc) is 2.65. The molecule has 6 heteroatoms.